The highest BCUT2D eigenvalue weighted by atomic mass is 35.5. The van der Waals surface area contributed by atoms with Crippen molar-refractivity contribution in [3.05, 3.63) is 70.3 Å². The van der Waals surface area contributed by atoms with Crippen molar-refractivity contribution in [3.63, 3.8) is 0 Å². The van der Waals surface area contributed by atoms with Gasteiger partial charge < -0.3 is 19.3 Å². The molecule has 2 aromatic carbocycles. The molecule has 1 saturated carbocycles. The highest BCUT2D eigenvalue weighted by Gasteiger charge is 2.50. The number of carbonyl (C=O) groups is 2. The summed E-state index contributed by atoms with van der Waals surface area (Å²) >= 11 is 6.49. The van der Waals surface area contributed by atoms with Gasteiger partial charge in [-0.3, -0.25) is 14.5 Å². The number of benzene rings is 2. The average Bonchev–Trinajstić information content (AvgIpc) is 3.25. The maximum absolute atomic E-state index is 13.6. The van der Waals surface area contributed by atoms with Gasteiger partial charge in [-0.2, -0.15) is 0 Å². The second-order valence-corrected chi connectivity index (χ2v) is 18.4. The Morgan fingerprint density at radius 1 is 1.10 bits per heavy atom. The Bertz CT molecular complexity index is 1830. The fourth-order valence-corrected chi connectivity index (χ4v) is 10.9. The number of rotatable bonds is 3. The van der Waals surface area contributed by atoms with Crippen LogP contribution in [0.3, 0.4) is 0 Å². The summed E-state index contributed by atoms with van der Waals surface area (Å²) in [5.41, 5.74) is 2.72. The van der Waals surface area contributed by atoms with E-state index < -0.39 is 26.8 Å². The topological polar surface area (TPSA) is 108 Å². The van der Waals surface area contributed by atoms with Gasteiger partial charge in [0.15, 0.2) is 0 Å². The quantitative estimate of drug-likeness (QED) is 0.414. The van der Waals surface area contributed by atoms with Crippen LogP contribution in [0.2, 0.25) is 5.02 Å². The number of aryl methyl sites for hydroxylation is 1. The van der Waals surface area contributed by atoms with E-state index in [0.29, 0.717) is 50.9 Å². The first-order valence-corrected chi connectivity index (χ1v) is 20.8. The molecule has 2 aliphatic carbocycles. The Morgan fingerprint density at radius 2 is 1.88 bits per heavy atom. The van der Waals surface area contributed by atoms with Crippen molar-refractivity contribution in [1.82, 2.24) is 14.5 Å². The van der Waals surface area contributed by atoms with Crippen molar-refractivity contribution < 1.29 is 27.5 Å². The van der Waals surface area contributed by atoms with E-state index in [1.807, 2.05) is 30.0 Å². The zero-order valence-corrected chi connectivity index (χ0v) is 32.5. The van der Waals surface area contributed by atoms with Crippen molar-refractivity contribution in [2.45, 2.75) is 75.6 Å². The summed E-state index contributed by atoms with van der Waals surface area (Å²) in [5.74, 6) is 0.410. The second-order valence-electron chi connectivity index (χ2n) is 16.0. The van der Waals surface area contributed by atoms with Gasteiger partial charge in [0, 0.05) is 75.8 Å². The summed E-state index contributed by atoms with van der Waals surface area (Å²) in [6.45, 7) is 10.7. The lowest BCUT2D eigenvalue weighted by Crippen LogP contribution is -2.59. The van der Waals surface area contributed by atoms with Crippen molar-refractivity contribution >= 4 is 39.1 Å². The molecule has 3 heterocycles. The number of anilines is 1. The fourth-order valence-electron chi connectivity index (χ4n) is 9.38. The van der Waals surface area contributed by atoms with E-state index in [1.54, 1.807) is 27.0 Å². The number of nitrogens with one attached hydrogen (secondary N) is 1. The van der Waals surface area contributed by atoms with E-state index in [2.05, 4.69) is 38.8 Å². The number of hydrogen-bond donors (Lipinski definition) is 1. The molecule has 0 radical (unpaired) electrons. The molecule has 2 fully saturated rings. The zero-order valence-electron chi connectivity index (χ0n) is 30.9. The van der Waals surface area contributed by atoms with Gasteiger partial charge in [-0.15, -0.1) is 0 Å². The number of fused-ring (bicyclic) bond motifs is 4. The van der Waals surface area contributed by atoms with E-state index >= 15 is 0 Å². The largest absolute Gasteiger partial charge is 0.490 e. The highest BCUT2D eigenvalue weighted by molar-refractivity contribution is 7.90. The summed E-state index contributed by atoms with van der Waals surface area (Å²) in [4.78, 5) is 32.4. The third-order valence-electron chi connectivity index (χ3n) is 12.9. The van der Waals surface area contributed by atoms with Crippen LogP contribution < -0.4 is 14.4 Å². The van der Waals surface area contributed by atoms with Crippen molar-refractivity contribution in [2.75, 3.05) is 64.4 Å². The number of hydrogen-bond acceptors (Lipinski definition) is 8. The van der Waals surface area contributed by atoms with Crippen LogP contribution in [-0.2, 0) is 31.4 Å². The van der Waals surface area contributed by atoms with Gasteiger partial charge >= 0.3 is 0 Å². The summed E-state index contributed by atoms with van der Waals surface area (Å²) in [6, 6.07) is 11.5. The number of nitrogens with zero attached hydrogens (tertiary/aromatic N) is 3. The van der Waals surface area contributed by atoms with Crippen molar-refractivity contribution in [2.24, 2.45) is 17.8 Å². The van der Waals surface area contributed by atoms with Gasteiger partial charge in [0.2, 0.25) is 15.9 Å². The monoisotopic (exact) mass is 752 g/mol. The van der Waals surface area contributed by atoms with Crippen molar-refractivity contribution in [3.8, 4) is 5.75 Å². The van der Waals surface area contributed by atoms with Crippen LogP contribution in [-0.4, -0.2) is 100 Å². The number of carbonyl (C=O) groups excluding carboxylic acids is 2. The Hall–Kier alpha value is -3.12. The van der Waals surface area contributed by atoms with E-state index in [-0.39, 0.29) is 28.7 Å². The summed E-state index contributed by atoms with van der Waals surface area (Å²) < 4.78 is 42.8. The first-order chi connectivity index (χ1) is 24.8. The Labute approximate surface area is 313 Å². The van der Waals surface area contributed by atoms with Crippen LogP contribution in [0.15, 0.2) is 48.6 Å². The predicted octanol–water partition coefficient (Wildman–Crippen LogP) is 5.43. The van der Waals surface area contributed by atoms with Gasteiger partial charge in [0.05, 0.1) is 17.5 Å². The molecule has 2 amide bonds. The number of amides is 2. The average molecular weight is 753 g/mol. The molecule has 12 heteroatoms. The molecule has 1 saturated heterocycles. The third kappa shape index (κ3) is 7.10. The number of sulfonamides is 1. The molecule has 0 aromatic heterocycles. The SMILES string of the molecule is CO[C@@]1(CN2CCN(C(C)=O)CC2)/C=C\C[C@H](C)[C@@H](C)S(=O)(=O)NC(=O)c2ccc3c(c2)N(C[C@@H]2CC[C@H]21)C[C@@]1(CCCc2cc(Cl)ccc21)CO3. The van der Waals surface area contributed by atoms with Crippen LogP contribution >= 0.6 is 11.6 Å². The normalized spacial score (nSPS) is 32.8. The molecule has 6 atom stereocenters. The minimum absolute atomic E-state index is 0.102. The molecule has 5 aliphatic rings. The first kappa shape index (κ1) is 37.2. The van der Waals surface area contributed by atoms with Gasteiger partial charge in [0.25, 0.3) is 5.91 Å². The fraction of sp³-hybridized carbons (Fsp3) is 0.600. The molecule has 10 nitrogen and oxygen atoms in total. The Kier molecular flexibility index (Phi) is 10.5. The number of ether oxygens (including phenoxy) is 2. The number of halogens is 1. The summed E-state index contributed by atoms with van der Waals surface area (Å²) in [7, 11) is -2.17. The standard InChI is InChI=1S/C40H53ClN4O6S/c1-27-7-5-16-40(50-4,25-43-17-19-44(20-18-43)29(3)46)35-12-9-32(35)23-45-24-39(15-6-8-30-21-33(41)11-13-34(30)39)26-51-37-14-10-31(22-36(37)45)38(47)42-52(48,49)28(27)2/h5,10-11,13-14,16,21-22,27-28,32,35H,6-9,12,15,17-20,23-26H2,1-4H3,(H,42,47)/b16-5-/t27-,28+,32-,35+,39-,40+/m0/s1. The molecule has 0 unspecified atom stereocenters. The van der Waals surface area contributed by atoms with Gasteiger partial charge in [-0.25, -0.2) is 13.1 Å². The number of methoxy groups -OCH3 is 1. The van der Waals surface area contributed by atoms with Crippen LogP contribution in [0.5, 0.6) is 5.75 Å². The lowest BCUT2D eigenvalue weighted by molar-refractivity contribution is -0.132. The molecule has 1 N–H and O–H groups in total. The van der Waals surface area contributed by atoms with Crippen LogP contribution in [0, 0.1) is 17.8 Å². The predicted molar refractivity (Wildman–Crippen MR) is 204 cm³/mol. The number of allylic oxidation sites excluding steroid dienone is 1. The Morgan fingerprint density at radius 3 is 2.60 bits per heavy atom. The smallest absolute Gasteiger partial charge is 0.264 e. The van der Waals surface area contributed by atoms with Crippen LogP contribution in [0.4, 0.5) is 5.69 Å². The highest BCUT2D eigenvalue weighted by Crippen LogP contribution is 2.49. The third-order valence-corrected chi connectivity index (χ3v) is 15.0. The molecule has 7 rings (SSSR count). The molecule has 2 aromatic rings. The lowest BCUT2D eigenvalue weighted by Gasteiger charge is -2.52. The zero-order chi connectivity index (χ0) is 36.8. The molecule has 282 valence electrons. The first-order valence-electron chi connectivity index (χ1n) is 18.9. The number of piperazine rings is 1. The van der Waals surface area contributed by atoms with Crippen molar-refractivity contribution in [1.29, 1.82) is 0 Å². The minimum Gasteiger partial charge on any atom is -0.490 e. The second kappa shape index (κ2) is 14.6. The van der Waals surface area contributed by atoms with Crippen LogP contribution in [0.1, 0.15) is 74.4 Å². The van der Waals surface area contributed by atoms with E-state index in [1.165, 1.54) is 11.1 Å². The summed E-state index contributed by atoms with van der Waals surface area (Å²) in [6.07, 6.45) is 9.79. The van der Waals surface area contributed by atoms with Gasteiger partial charge in [-0.1, -0.05) is 36.7 Å². The molecule has 2 bridgehead atoms. The van der Waals surface area contributed by atoms with E-state index in [4.69, 9.17) is 21.1 Å². The van der Waals surface area contributed by atoms with Gasteiger partial charge in [0.1, 0.15) is 11.4 Å². The molecule has 52 heavy (non-hydrogen) atoms. The van der Waals surface area contributed by atoms with Gasteiger partial charge in [-0.05, 0) is 105 Å². The molecule has 3 aliphatic heterocycles. The van der Waals surface area contributed by atoms with Crippen LogP contribution in [0.25, 0.3) is 0 Å². The lowest BCUT2D eigenvalue weighted by atomic mass is 9.63. The molecular formula is C40H53ClN4O6S. The van der Waals surface area contributed by atoms with E-state index in [9.17, 15) is 18.0 Å². The van der Waals surface area contributed by atoms with E-state index in [0.717, 1.165) is 62.4 Å². The Balaban J connectivity index is 1.29. The maximum Gasteiger partial charge on any atom is 0.264 e. The molecule has 1 spiro atoms. The maximum atomic E-state index is 13.6. The summed E-state index contributed by atoms with van der Waals surface area (Å²) in [5, 5.41) is -0.0700. The minimum atomic E-state index is -3.98. The molecular weight excluding hydrogens is 700 g/mol.